The van der Waals surface area contributed by atoms with Gasteiger partial charge in [-0.1, -0.05) is 26.7 Å². The lowest BCUT2D eigenvalue weighted by Gasteiger charge is -2.28. The summed E-state index contributed by atoms with van der Waals surface area (Å²) in [6.07, 6.45) is 3.53. The number of nitrogens with zero attached hydrogens (tertiary/aromatic N) is 2. The number of rotatable bonds is 9. The maximum Gasteiger partial charge on any atom is 0.156 e. The highest BCUT2D eigenvalue weighted by atomic mass is 16.5. The summed E-state index contributed by atoms with van der Waals surface area (Å²) in [5.41, 5.74) is 0.230. The zero-order valence-corrected chi connectivity index (χ0v) is 13.1. The van der Waals surface area contributed by atoms with Gasteiger partial charge < -0.3 is 15.2 Å². The molecular formula is C15H27N3O2. The van der Waals surface area contributed by atoms with Gasteiger partial charge in [-0.2, -0.15) is 0 Å². The van der Waals surface area contributed by atoms with E-state index in [0.29, 0.717) is 19.0 Å². The van der Waals surface area contributed by atoms with Gasteiger partial charge in [0.1, 0.15) is 12.4 Å². The molecule has 2 N–H and O–H groups in total. The van der Waals surface area contributed by atoms with E-state index in [1.165, 1.54) is 0 Å². The maximum absolute atomic E-state index is 10.6. The molecule has 1 rings (SSSR count). The van der Waals surface area contributed by atoms with E-state index in [4.69, 9.17) is 4.74 Å². The summed E-state index contributed by atoms with van der Waals surface area (Å²) in [6.45, 7) is 7.01. The molecule has 114 valence electrons. The van der Waals surface area contributed by atoms with Crippen molar-refractivity contribution in [1.82, 2.24) is 9.97 Å². The number of aryl methyl sites for hydroxylation is 1. The molecule has 0 saturated carbocycles. The van der Waals surface area contributed by atoms with Crippen molar-refractivity contribution in [2.24, 2.45) is 0 Å². The molecule has 0 aliphatic rings. The van der Waals surface area contributed by atoms with Crippen molar-refractivity contribution in [1.29, 1.82) is 0 Å². The predicted molar refractivity (Wildman–Crippen MR) is 80.7 cm³/mol. The number of ether oxygens (including phenoxy) is 1. The molecule has 0 spiro atoms. The Labute approximate surface area is 121 Å². The molecule has 5 heteroatoms. The molecule has 0 aliphatic heterocycles. The molecule has 0 aliphatic carbocycles. The Hall–Kier alpha value is -1.20. The fourth-order valence-electron chi connectivity index (χ4n) is 2.40. The molecule has 0 unspecified atom stereocenters. The van der Waals surface area contributed by atoms with Gasteiger partial charge in [-0.25, -0.2) is 9.97 Å². The van der Waals surface area contributed by atoms with Crippen LogP contribution in [-0.4, -0.2) is 34.3 Å². The van der Waals surface area contributed by atoms with Crippen LogP contribution in [0, 0.1) is 6.92 Å². The summed E-state index contributed by atoms with van der Waals surface area (Å²) in [4.78, 5) is 8.69. The first-order chi connectivity index (χ1) is 9.53. The van der Waals surface area contributed by atoms with Crippen LogP contribution in [0.4, 0.5) is 5.82 Å². The van der Waals surface area contributed by atoms with Crippen molar-refractivity contribution >= 4 is 5.82 Å². The average molecular weight is 281 g/mol. The Morgan fingerprint density at radius 3 is 2.45 bits per heavy atom. The summed E-state index contributed by atoms with van der Waals surface area (Å²) in [5.74, 6) is 1.40. The molecule has 1 heterocycles. The predicted octanol–water partition coefficient (Wildman–Crippen LogP) is 2.67. The molecule has 20 heavy (non-hydrogen) atoms. The zero-order chi connectivity index (χ0) is 15.0. The van der Waals surface area contributed by atoms with E-state index in [-0.39, 0.29) is 0 Å². The Balaban J connectivity index is 2.71. The van der Waals surface area contributed by atoms with Gasteiger partial charge in [0.15, 0.2) is 5.82 Å². The Bertz CT molecular complexity index is 404. The SMILES string of the molecule is CCCC(O)(CCC)CNc1cc(C)nc(COC)n1. The highest BCUT2D eigenvalue weighted by molar-refractivity contribution is 5.36. The fourth-order valence-corrected chi connectivity index (χ4v) is 2.40. The molecule has 1 aromatic rings. The highest BCUT2D eigenvalue weighted by Gasteiger charge is 2.24. The van der Waals surface area contributed by atoms with Crippen LogP contribution in [-0.2, 0) is 11.3 Å². The van der Waals surface area contributed by atoms with Crippen LogP contribution < -0.4 is 5.32 Å². The van der Waals surface area contributed by atoms with E-state index >= 15 is 0 Å². The highest BCUT2D eigenvalue weighted by Crippen LogP contribution is 2.20. The minimum absolute atomic E-state index is 0.393. The van der Waals surface area contributed by atoms with Crippen LogP contribution in [0.5, 0.6) is 0 Å². The van der Waals surface area contributed by atoms with Crippen LogP contribution in [0.1, 0.15) is 51.0 Å². The standard InChI is InChI=1S/C15H27N3O2/c1-5-7-15(19,8-6-2)11-16-13-9-12(3)17-14(18-13)10-20-4/h9,19H,5-8,10-11H2,1-4H3,(H,16,17,18). The van der Waals surface area contributed by atoms with Gasteiger partial charge in [-0.15, -0.1) is 0 Å². The third-order valence-electron chi connectivity index (χ3n) is 3.20. The number of anilines is 1. The van der Waals surface area contributed by atoms with Gasteiger partial charge in [-0.3, -0.25) is 0 Å². The second-order valence-corrected chi connectivity index (χ2v) is 5.32. The second-order valence-electron chi connectivity index (χ2n) is 5.32. The normalized spacial score (nSPS) is 11.7. The molecule has 0 amide bonds. The average Bonchev–Trinajstić information content (AvgIpc) is 2.37. The molecule has 1 aromatic heterocycles. The third-order valence-corrected chi connectivity index (χ3v) is 3.20. The molecular weight excluding hydrogens is 254 g/mol. The van der Waals surface area contributed by atoms with E-state index in [2.05, 4.69) is 29.1 Å². The molecule has 0 fully saturated rings. The van der Waals surface area contributed by atoms with Crippen LogP contribution in [0.15, 0.2) is 6.07 Å². The zero-order valence-electron chi connectivity index (χ0n) is 13.1. The van der Waals surface area contributed by atoms with Crippen molar-refractivity contribution in [3.05, 3.63) is 17.6 Å². The van der Waals surface area contributed by atoms with Gasteiger partial charge in [0.05, 0.1) is 5.60 Å². The van der Waals surface area contributed by atoms with Crippen LogP contribution in [0.25, 0.3) is 0 Å². The van der Waals surface area contributed by atoms with Crippen LogP contribution in [0.2, 0.25) is 0 Å². The summed E-state index contributed by atoms with van der Waals surface area (Å²) in [5, 5.41) is 13.8. The Morgan fingerprint density at radius 2 is 1.90 bits per heavy atom. The molecule has 0 aromatic carbocycles. The summed E-state index contributed by atoms with van der Waals surface area (Å²) >= 11 is 0. The number of methoxy groups -OCH3 is 1. The van der Waals surface area contributed by atoms with Crippen LogP contribution >= 0.6 is 0 Å². The second kappa shape index (κ2) is 8.17. The van der Waals surface area contributed by atoms with Crippen molar-refractivity contribution in [3.8, 4) is 0 Å². The topological polar surface area (TPSA) is 67.3 Å². The van der Waals surface area contributed by atoms with Gasteiger partial charge in [0, 0.05) is 25.4 Å². The largest absolute Gasteiger partial charge is 0.388 e. The molecule has 0 radical (unpaired) electrons. The molecule has 0 atom stereocenters. The first-order valence-corrected chi connectivity index (χ1v) is 7.32. The first kappa shape index (κ1) is 16.9. The summed E-state index contributed by atoms with van der Waals surface area (Å²) in [6, 6.07) is 1.89. The third kappa shape index (κ3) is 5.43. The quantitative estimate of drug-likeness (QED) is 0.728. The Morgan fingerprint density at radius 1 is 1.25 bits per heavy atom. The van der Waals surface area contributed by atoms with E-state index < -0.39 is 5.60 Å². The minimum Gasteiger partial charge on any atom is -0.388 e. The van der Waals surface area contributed by atoms with E-state index in [0.717, 1.165) is 37.2 Å². The monoisotopic (exact) mass is 281 g/mol. The van der Waals surface area contributed by atoms with Gasteiger partial charge in [0.25, 0.3) is 0 Å². The number of hydrogen-bond donors (Lipinski definition) is 2. The number of hydrogen-bond acceptors (Lipinski definition) is 5. The van der Waals surface area contributed by atoms with E-state index in [1.807, 2.05) is 13.0 Å². The lowest BCUT2D eigenvalue weighted by Crippen LogP contribution is -2.37. The van der Waals surface area contributed by atoms with E-state index in [9.17, 15) is 5.11 Å². The Kier molecular flexibility index (Phi) is 6.88. The van der Waals surface area contributed by atoms with Gasteiger partial charge in [0.2, 0.25) is 0 Å². The number of nitrogens with one attached hydrogen (secondary N) is 1. The van der Waals surface area contributed by atoms with Crippen molar-refractivity contribution in [2.75, 3.05) is 19.0 Å². The number of aliphatic hydroxyl groups is 1. The number of aromatic nitrogens is 2. The van der Waals surface area contributed by atoms with Crippen molar-refractivity contribution in [2.45, 2.75) is 58.7 Å². The lowest BCUT2D eigenvalue weighted by atomic mass is 9.93. The first-order valence-electron chi connectivity index (χ1n) is 7.32. The molecule has 0 saturated heterocycles. The van der Waals surface area contributed by atoms with E-state index in [1.54, 1.807) is 7.11 Å². The van der Waals surface area contributed by atoms with Crippen molar-refractivity contribution in [3.63, 3.8) is 0 Å². The molecule has 5 nitrogen and oxygen atoms in total. The van der Waals surface area contributed by atoms with Crippen molar-refractivity contribution < 1.29 is 9.84 Å². The summed E-state index contributed by atoms with van der Waals surface area (Å²) < 4.78 is 5.06. The molecule has 0 bridgehead atoms. The summed E-state index contributed by atoms with van der Waals surface area (Å²) in [7, 11) is 1.63. The van der Waals surface area contributed by atoms with Gasteiger partial charge in [-0.05, 0) is 19.8 Å². The smallest absolute Gasteiger partial charge is 0.156 e. The fraction of sp³-hybridized carbons (Fsp3) is 0.733. The minimum atomic E-state index is -0.663. The lowest BCUT2D eigenvalue weighted by molar-refractivity contribution is 0.0343. The van der Waals surface area contributed by atoms with Gasteiger partial charge >= 0.3 is 0 Å². The maximum atomic E-state index is 10.6. The van der Waals surface area contributed by atoms with Crippen LogP contribution in [0.3, 0.4) is 0 Å².